The van der Waals surface area contributed by atoms with Gasteiger partial charge in [0.05, 0.1) is 32.6 Å². The topological polar surface area (TPSA) is 99.6 Å². The molecule has 1 heterocycles. The Labute approximate surface area is 195 Å². The molecule has 0 fully saturated rings. The maximum atomic E-state index is 12.9. The Hall–Kier alpha value is -3.65. The number of methoxy groups -OCH3 is 3. The maximum absolute atomic E-state index is 12.9. The van der Waals surface area contributed by atoms with Crippen LogP contribution < -0.4 is 19.5 Å². The fraction of sp³-hybridized carbons (Fsp3) is 0.250. The number of halogens is 1. The Bertz CT molecular complexity index is 1190. The number of ketones is 1. The molecule has 1 aromatic heterocycles. The lowest BCUT2D eigenvalue weighted by atomic mass is 9.82. The monoisotopic (exact) mass is 467 g/mol. The molecule has 3 aromatic rings. The minimum atomic E-state index is -0.453. The van der Waals surface area contributed by atoms with Crippen molar-refractivity contribution in [1.82, 2.24) is 9.97 Å². The number of nitrogens with one attached hydrogen (secondary N) is 1. The molecule has 8 nitrogen and oxygen atoms in total. The molecular weight excluding hydrogens is 446 g/mol. The molecule has 9 heteroatoms. The lowest BCUT2D eigenvalue weighted by Gasteiger charge is -2.23. The average Bonchev–Trinajstić information content (AvgIpc) is 2.83. The molecule has 1 N–H and O–H groups in total. The number of aromatic nitrogens is 2. The lowest BCUT2D eigenvalue weighted by Crippen LogP contribution is -2.22. The van der Waals surface area contributed by atoms with Gasteiger partial charge in [-0.05, 0) is 42.2 Å². The van der Waals surface area contributed by atoms with Gasteiger partial charge in [-0.1, -0.05) is 23.7 Å². The molecule has 0 saturated carbocycles. The number of hydrogen-bond acceptors (Lipinski definition) is 7. The number of ether oxygens (including phenoxy) is 3. The normalized spacial score (nSPS) is 14.9. The van der Waals surface area contributed by atoms with Crippen molar-refractivity contribution in [1.29, 1.82) is 0 Å². The number of hydrogen-bond donors (Lipinski definition) is 1. The molecule has 0 spiro atoms. The molecule has 1 unspecified atom stereocenters. The van der Waals surface area contributed by atoms with Crippen LogP contribution in [0.5, 0.6) is 17.2 Å². The standard InChI is InChI=1S/C24H22ClN3O5/c1-31-20-10-15(11-21(32-2)22(20)33-3)23(30)28-24-26-12-17-18(27-24)8-14(9-19(17)29)13-4-6-16(25)7-5-13/h4-7,10-12,14H,8-9H2,1-3H3,(H,26,27,28,30). The summed E-state index contributed by atoms with van der Waals surface area (Å²) < 4.78 is 15.9. The Morgan fingerprint density at radius 1 is 1.03 bits per heavy atom. The summed E-state index contributed by atoms with van der Waals surface area (Å²) in [5.74, 6) is 0.694. The van der Waals surface area contributed by atoms with Gasteiger partial charge in [-0.2, -0.15) is 0 Å². The first-order valence-corrected chi connectivity index (χ1v) is 10.6. The van der Waals surface area contributed by atoms with Crippen molar-refractivity contribution in [3.8, 4) is 17.2 Å². The van der Waals surface area contributed by atoms with Crippen LogP contribution in [0.4, 0.5) is 5.95 Å². The van der Waals surface area contributed by atoms with E-state index in [-0.39, 0.29) is 23.2 Å². The van der Waals surface area contributed by atoms with Gasteiger partial charge in [0.1, 0.15) is 0 Å². The molecule has 2 aromatic carbocycles. The minimum Gasteiger partial charge on any atom is -0.493 e. The van der Waals surface area contributed by atoms with Crippen LogP contribution in [-0.4, -0.2) is 43.0 Å². The van der Waals surface area contributed by atoms with Gasteiger partial charge in [-0.25, -0.2) is 9.97 Å². The van der Waals surface area contributed by atoms with Crippen LogP contribution in [0.2, 0.25) is 5.02 Å². The van der Waals surface area contributed by atoms with E-state index in [4.69, 9.17) is 25.8 Å². The van der Waals surface area contributed by atoms with Crippen LogP contribution in [0.1, 0.15) is 44.3 Å². The van der Waals surface area contributed by atoms with Crippen molar-refractivity contribution < 1.29 is 23.8 Å². The third-order valence-corrected chi connectivity index (χ3v) is 5.79. The number of carbonyl (C=O) groups excluding carboxylic acids is 2. The summed E-state index contributed by atoms with van der Waals surface area (Å²) in [5.41, 5.74) is 2.37. The second-order valence-electron chi connectivity index (χ2n) is 7.50. The highest BCUT2D eigenvalue weighted by atomic mass is 35.5. The summed E-state index contributed by atoms with van der Waals surface area (Å²) in [5, 5.41) is 3.32. The van der Waals surface area contributed by atoms with E-state index >= 15 is 0 Å². The summed E-state index contributed by atoms with van der Waals surface area (Å²) >= 11 is 5.98. The van der Waals surface area contributed by atoms with Gasteiger partial charge in [-0.3, -0.25) is 14.9 Å². The molecule has 33 heavy (non-hydrogen) atoms. The van der Waals surface area contributed by atoms with Gasteiger partial charge in [0, 0.05) is 23.2 Å². The molecule has 0 radical (unpaired) electrons. The molecule has 0 aliphatic heterocycles. The fourth-order valence-corrected chi connectivity index (χ4v) is 3.99. The number of carbonyl (C=O) groups is 2. The summed E-state index contributed by atoms with van der Waals surface area (Å²) in [4.78, 5) is 34.2. The van der Waals surface area contributed by atoms with Gasteiger partial charge in [0.2, 0.25) is 11.7 Å². The third kappa shape index (κ3) is 4.61. The van der Waals surface area contributed by atoms with E-state index in [0.717, 1.165) is 5.56 Å². The first kappa shape index (κ1) is 22.5. The Morgan fingerprint density at radius 3 is 2.30 bits per heavy atom. The summed E-state index contributed by atoms with van der Waals surface area (Å²) in [6, 6.07) is 10.5. The van der Waals surface area contributed by atoms with E-state index in [1.165, 1.54) is 39.7 Å². The van der Waals surface area contributed by atoms with Gasteiger partial charge >= 0.3 is 0 Å². The van der Waals surface area contributed by atoms with Gasteiger partial charge < -0.3 is 14.2 Å². The van der Waals surface area contributed by atoms with E-state index in [2.05, 4.69) is 15.3 Å². The number of amides is 1. The summed E-state index contributed by atoms with van der Waals surface area (Å²) in [7, 11) is 4.43. The molecule has 0 saturated heterocycles. The van der Waals surface area contributed by atoms with Crippen LogP contribution in [0.15, 0.2) is 42.6 Å². The van der Waals surface area contributed by atoms with E-state index in [1.54, 1.807) is 12.1 Å². The number of Topliss-reactive ketones (excluding diaryl/α,β-unsaturated/α-hetero) is 1. The largest absolute Gasteiger partial charge is 0.493 e. The Balaban J connectivity index is 1.58. The van der Waals surface area contributed by atoms with Crippen LogP contribution >= 0.6 is 11.6 Å². The molecule has 1 amide bonds. The SMILES string of the molecule is COc1cc(C(=O)Nc2ncc3c(n2)CC(c2ccc(Cl)cc2)CC3=O)cc(OC)c1OC. The van der Waals surface area contributed by atoms with E-state index < -0.39 is 5.91 Å². The van der Waals surface area contributed by atoms with Gasteiger partial charge in [-0.15, -0.1) is 0 Å². The van der Waals surface area contributed by atoms with E-state index in [1.807, 2.05) is 12.1 Å². The smallest absolute Gasteiger partial charge is 0.258 e. The van der Waals surface area contributed by atoms with Crippen molar-refractivity contribution in [3.05, 3.63) is 70.0 Å². The van der Waals surface area contributed by atoms with Crippen LogP contribution in [0.3, 0.4) is 0 Å². The number of fused-ring (bicyclic) bond motifs is 1. The number of rotatable bonds is 6. The van der Waals surface area contributed by atoms with Crippen molar-refractivity contribution in [2.24, 2.45) is 0 Å². The predicted octanol–water partition coefficient (Wildman–Crippen LogP) is 4.32. The van der Waals surface area contributed by atoms with Crippen LogP contribution in [0, 0.1) is 0 Å². The Kier molecular flexibility index (Phi) is 6.46. The predicted molar refractivity (Wildman–Crippen MR) is 123 cm³/mol. The van der Waals surface area contributed by atoms with E-state index in [9.17, 15) is 9.59 Å². The lowest BCUT2D eigenvalue weighted by molar-refractivity contribution is 0.0962. The second-order valence-corrected chi connectivity index (χ2v) is 7.94. The molecule has 170 valence electrons. The van der Waals surface area contributed by atoms with Crippen molar-refractivity contribution >= 4 is 29.2 Å². The highest BCUT2D eigenvalue weighted by Gasteiger charge is 2.28. The third-order valence-electron chi connectivity index (χ3n) is 5.53. The number of anilines is 1. The molecule has 1 aliphatic carbocycles. The van der Waals surface area contributed by atoms with Crippen molar-refractivity contribution in [2.45, 2.75) is 18.8 Å². The molecule has 1 atom stereocenters. The molecule has 4 rings (SSSR count). The van der Waals surface area contributed by atoms with Crippen LogP contribution in [-0.2, 0) is 6.42 Å². The average molecular weight is 468 g/mol. The quantitative estimate of drug-likeness (QED) is 0.576. The number of nitrogens with zero attached hydrogens (tertiary/aromatic N) is 2. The zero-order valence-corrected chi connectivity index (χ0v) is 19.1. The molecular formula is C24H22ClN3O5. The zero-order valence-electron chi connectivity index (χ0n) is 18.3. The summed E-state index contributed by atoms with van der Waals surface area (Å²) in [6.07, 6.45) is 2.39. The molecule has 0 bridgehead atoms. The fourth-order valence-electron chi connectivity index (χ4n) is 3.86. The van der Waals surface area contributed by atoms with Gasteiger partial charge in [0.15, 0.2) is 17.3 Å². The van der Waals surface area contributed by atoms with E-state index in [0.29, 0.717) is 46.4 Å². The summed E-state index contributed by atoms with van der Waals surface area (Å²) in [6.45, 7) is 0. The van der Waals surface area contributed by atoms with Crippen molar-refractivity contribution in [2.75, 3.05) is 26.6 Å². The van der Waals surface area contributed by atoms with Crippen LogP contribution in [0.25, 0.3) is 0 Å². The highest BCUT2D eigenvalue weighted by Crippen LogP contribution is 2.38. The van der Waals surface area contributed by atoms with Crippen molar-refractivity contribution in [3.63, 3.8) is 0 Å². The first-order valence-electron chi connectivity index (χ1n) is 10.2. The maximum Gasteiger partial charge on any atom is 0.258 e. The first-order chi connectivity index (χ1) is 15.9. The second kappa shape index (κ2) is 9.46. The highest BCUT2D eigenvalue weighted by molar-refractivity contribution is 6.30. The zero-order chi connectivity index (χ0) is 23.5. The Morgan fingerprint density at radius 2 is 1.70 bits per heavy atom. The van der Waals surface area contributed by atoms with Gasteiger partial charge in [0.25, 0.3) is 5.91 Å². The molecule has 1 aliphatic rings. The minimum absolute atomic E-state index is 0.0178. The number of benzene rings is 2.